The lowest BCUT2D eigenvalue weighted by Gasteiger charge is -2.23. The number of carbonyl (C=O) groups is 1. The first-order chi connectivity index (χ1) is 9.08. The van der Waals surface area contributed by atoms with Crippen LogP contribution in [0.4, 0.5) is 0 Å². The molecule has 4 heteroatoms. The topological polar surface area (TPSA) is 40.5 Å². The summed E-state index contributed by atoms with van der Waals surface area (Å²) in [5.41, 5.74) is 0. The number of hydrogen-bond donors (Lipinski definition) is 1. The Morgan fingerprint density at radius 1 is 1.42 bits per heavy atom. The number of likely N-dealkylation sites (N-methyl/N-ethyl adjacent to an activating group) is 1. The molecule has 0 radical (unpaired) electrons. The minimum Gasteiger partial charge on any atom is -0.391 e. The number of aliphatic hydroxyl groups excluding tert-OH is 1. The maximum atomic E-state index is 12.2. The number of nitrogens with zero attached hydrogens (tertiary/aromatic N) is 1. The summed E-state index contributed by atoms with van der Waals surface area (Å²) in [4.78, 5) is 15.0. The van der Waals surface area contributed by atoms with Crippen LogP contribution in [-0.4, -0.2) is 40.9 Å². The molecule has 1 aromatic rings. The molecule has 1 aromatic carbocycles. The Labute approximate surface area is 119 Å². The lowest BCUT2D eigenvalue weighted by atomic mass is 10.2. The molecule has 3 nitrogen and oxygen atoms in total. The fourth-order valence-electron chi connectivity index (χ4n) is 2.06. The molecule has 2 rings (SSSR count). The predicted molar refractivity (Wildman–Crippen MR) is 78.1 cm³/mol. The molecule has 1 saturated carbocycles. The molecule has 1 aliphatic carbocycles. The van der Waals surface area contributed by atoms with Crippen LogP contribution in [0.2, 0.25) is 0 Å². The third-order valence-electron chi connectivity index (χ3n) is 3.41. The smallest absolute Gasteiger partial charge is 0.235 e. The Hall–Kier alpha value is -1.00. The van der Waals surface area contributed by atoms with Crippen LogP contribution in [0.15, 0.2) is 35.2 Å². The highest BCUT2D eigenvalue weighted by atomic mass is 32.2. The van der Waals surface area contributed by atoms with Crippen molar-refractivity contribution in [3.05, 3.63) is 30.3 Å². The number of aliphatic hydroxyl groups is 1. The van der Waals surface area contributed by atoms with Crippen molar-refractivity contribution in [2.24, 2.45) is 5.92 Å². The van der Waals surface area contributed by atoms with E-state index >= 15 is 0 Å². The molecule has 0 aliphatic heterocycles. The van der Waals surface area contributed by atoms with Crippen LogP contribution in [0.25, 0.3) is 0 Å². The van der Waals surface area contributed by atoms with Gasteiger partial charge in [0.2, 0.25) is 5.91 Å². The second-order valence-electron chi connectivity index (χ2n) is 5.20. The SMILES string of the molecule is CC(Sc1ccccc1)C(=O)N(C)CC(O)C1CC1. The second-order valence-corrected chi connectivity index (χ2v) is 6.61. The Morgan fingerprint density at radius 2 is 2.05 bits per heavy atom. The molecule has 19 heavy (non-hydrogen) atoms. The average Bonchev–Trinajstić information content (AvgIpc) is 3.23. The van der Waals surface area contributed by atoms with Crippen LogP contribution < -0.4 is 0 Å². The van der Waals surface area contributed by atoms with Gasteiger partial charge in [0.25, 0.3) is 0 Å². The van der Waals surface area contributed by atoms with Crippen LogP contribution >= 0.6 is 11.8 Å². The van der Waals surface area contributed by atoms with Crippen LogP contribution in [0.1, 0.15) is 19.8 Å². The largest absolute Gasteiger partial charge is 0.391 e. The predicted octanol–water partition coefficient (Wildman–Crippen LogP) is 2.40. The van der Waals surface area contributed by atoms with E-state index in [0.717, 1.165) is 17.7 Å². The zero-order valence-electron chi connectivity index (χ0n) is 11.5. The van der Waals surface area contributed by atoms with Crippen molar-refractivity contribution < 1.29 is 9.90 Å². The Bertz CT molecular complexity index is 419. The first-order valence-electron chi connectivity index (χ1n) is 6.72. The molecule has 2 unspecified atom stereocenters. The van der Waals surface area contributed by atoms with Gasteiger partial charge in [-0.15, -0.1) is 11.8 Å². The van der Waals surface area contributed by atoms with Crippen LogP contribution in [0.5, 0.6) is 0 Å². The maximum absolute atomic E-state index is 12.2. The van der Waals surface area contributed by atoms with Gasteiger partial charge in [-0.25, -0.2) is 0 Å². The molecule has 104 valence electrons. The molecule has 2 atom stereocenters. The van der Waals surface area contributed by atoms with Crippen molar-refractivity contribution in [3.8, 4) is 0 Å². The van der Waals surface area contributed by atoms with Gasteiger partial charge in [0.05, 0.1) is 11.4 Å². The lowest BCUT2D eigenvalue weighted by Crippen LogP contribution is -2.39. The van der Waals surface area contributed by atoms with Gasteiger partial charge in [0.15, 0.2) is 0 Å². The third-order valence-corrected chi connectivity index (χ3v) is 4.51. The molecule has 1 fully saturated rings. The summed E-state index contributed by atoms with van der Waals surface area (Å²) < 4.78 is 0. The lowest BCUT2D eigenvalue weighted by molar-refractivity contribution is -0.130. The standard InChI is InChI=1S/C15H21NO2S/c1-11(19-13-6-4-3-5-7-13)15(18)16(2)10-14(17)12-8-9-12/h3-7,11-12,14,17H,8-10H2,1-2H3. The molecule has 0 saturated heterocycles. The van der Waals surface area contributed by atoms with E-state index in [-0.39, 0.29) is 17.3 Å². The number of rotatable bonds is 6. The summed E-state index contributed by atoms with van der Waals surface area (Å²) in [7, 11) is 1.77. The summed E-state index contributed by atoms with van der Waals surface area (Å²) in [6.07, 6.45) is 1.83. The second kappa shape index (κ2) is 6.44. The van der Waals surface area contributed by atoms with Crippen molar-refractivity contribution in [1.82, 2.24) is 4.90 Å². The molecule has 1 aliphatic rings. The molecular weight excluding hydrogens is 258 g/mol. The van der Waals surface area contributed by atoms with Gasteiger partial charge in [-0.3, -0.25) is 4.79 Å². The quantitative estimate of drug-likeness (QED) is 0.813. The number of carbonyl (C=O) groups excluding carboxylic acids is 1. The highest BCUT2D eigenvalue weighted by molar-refractivity contribution is 8.00. The normalized spacial score (nSPS) is 17.8. The summed E-state index contributed by atoms with van der Waals surface area (Å²) in [6, 6.07) is 9.93. The molecule has 0 heterocycles. The van der Waals surface area contributed by atoms with Gasteiger partial charge in [0, 0.05) is 18.5 Å². The molecular formula is C15H21NO2S. The van der Waals surface area contributed by atoms with E-state index in [1.54, 1.807) is 23.7 Å². The number of hydrogen-bond acceptors (Lipinski definition) is 3. The van der Waals surface area contributed by atoms with E-state index in [2.05, 4.69) is 0 Å². The van der Waals surface area contributed by atoms with Crippen molar-refractivity contribution in [3.63, 3.8) is 0 Å². The Kier molecular flexibility index (Phi) is 4.88. The van der Waals surface area contributed by atoms with E-state index in [4.69, 9.17) is 0 Å². The Balaban J connectivity index is 1.83. The Morgan fingerprint density at radius 3 is 2.63 bits per heavy atom. The van der Waals surface area contributed by atoms with E-state index in [9.17, 15) is 9.90 Å². The molecule has 1 N–H and O–H groups in total. The molecule has 0 spiro atoms. The average molecular weight is 279 g/mol. The summed E-state index contributed by atoms with van der Waals surface area (Å²) in [5.74, 6) is 0.487. The van der Waals surface area contributed by atoms with Crippen molar-refractivity contribution in [2.75, 3.05) is 13.6 Å². The minimum atomic E-state index is -0.358. The van der Waals surface area contributed by atoms with Gasteiger partial charge < -0.3 is 10.0 Å². The summed E-state index contributed by atoms with van der Waals surface area (Å²) in [5, 5.41) is 9.75. The fraction of sp³-hybridized carbons (Fsp3) is 0.533. The summed E-state index contributed by atoms with van der Waals surface area (Å²) in [6.45, 7) is 2.36. The first-order valence-corrected chi connectivity index (χ1v) is 7.60. The number of benzene rings is 1. The fourth-order valence-corrected chi connectivity index (χ4v) is 3.07. The molecule has 0 bridgehead atoms. The van der Waals surface area contributed by atoms with Crippen LogP contribution in [0, 0.1) is 5.92 Å². The monoisotopic (exact) mass is 279 g/mol. The van der Waals surface area contributed by atoms with E-state index in [1.807, 2.05) is 37.3 Å². The van der Waals surface area contributed by atoms with Gasteiger partial charge >= 0.3 is 0 Å². The number of thioether (sulfide) groups is 1. The zero-order chi connectivity index (χ0) is 13.8. The zero-order valence-corrected chi connectivity index (χ0v) is 12.3. The first kappa shape index (κ1) is 14.4. The van der Waals surface area contributed by atoms with Gasteiger partial charge in [-0.05, 0) is 37.8 Å². The van der Waals surface area contributed by atoms with Crippen molar-refractivity contribution in [2.45, 2.75) is 36.0 Å². The van der Waals surface area contributed by atoms with Crippen LogP contribution in [0.3, 0.4) is 0 Å². The molecule has 0 aromatic heterocycles. The van der Waals surface area contributed by atoms with Gasteiger partial charge in [0.1, 0.15) is 0 Å². The minimum absolute atomic E-state index is 0.0774. The highest BCUT2D eigenvalue weighted by Crippen LogP contribution is 2.33. The van der Waals surface area contributed by atoms with E-state index < -0.39 is 0 Å². The molecule has 1 amide bonds. The van der Waals surface area contributed by atoms with Crippen LogP contribution in [-0.2, 0) is 4.79 Å². The van der Waals surface area contributed by atoms with Gasteiger partial charge in [-0.1, -0.05) is 18.2 Å². The highest BCUT2D eigenvalue weighted by Gasteiger charge is 2.31. The summed E-state index contributed by atoms with van der Waals surface area (Å²) >= 11 is 1.56. The number of amides is 1. The van der Waals surface area contributed by atoms with E-state index in [0.29, 0.717) is 12.5 Å². The van der Waals surface area contributed by atoms with E-state index in [1.165, 1.54) is 0 Å². The van der Waals surface area contributed by atoms with Crippen molar-refractivity contribution in [1.29, 1.82) is 0 Å². The van der Waals surface area contributed by atoms with Gasteiger partial charge in [-0.2, -0.15) is 0 Å². The third kappa shape index (κ3) is 4.25. The maximum Gasteiger partial charge on any atom is 0.235 e. The van der Waals surface area contributed by atoms with Crippen molar-refractivity contribution >= 4 is 17.7 Å².